The van der Waals surface area contributed by atoms with E-state index in [1.54, 1.807) is 0 Å². The number of aliphatic carboxylic acids is 1. The Morgan fingerprint density at radius 2 is 1.25 bits per heavy atom. The Bertz CT molecular complexity index is 540. The number of carboxylic acids is 1. The lowest BCUT2D eigenvalue weighted by atomic mass is 9.99. The minimum absolute atomic E-state index is 0.106. The second-order valence-corrected chi connectivity index (χ2v) is 8.74. The quantitative estimate of drug-likeness (QED) is 0.359. The molecule has 0 heterocycles. The van der Waals surface area contributed by atoms with E-state index in [1.165, 1.54) is 18.7 Å². The monoisotopic (exact) mass is 417 g/mol. The maximum atomic E-state index is 12.7. The van der Waals surface area contributed by atoms with Crippen molar-refractivity contribution in [1.29, 1.82) is 0 Å². The van der Waals surface area contributed by atoms with Crippen LogP contribution in [0.1, 0.15) is 53.9 Å². The van der Waals surface area contributed by atoms with Crippen LogP contribution in [-0.2, 0) is 19.2 Å². The number of rotatable bonds is 13. The Labute approximate surface area is 172 Å². The van der Waals surface area contributed by atoms with Gasteiger partial charge in [-0.25, -0.2) is 4.79 Å². The van der Waals surface area contributed by atoms with E-state index in [4.69, 9.17) is 0 Å². The molecule has 0 fully saturated rings. The van der Waals surface area contributed by atoms with Gasteiger partial charge in [0.15, 0.2) is 0 Å². The number of carbonyl (C=O) groups excluding carboxylic acids is 3. The third-order valence-corrected chi connectivity index (χ3v) is 4.61. The van der Waals surface area contributed by atoms with E-state index in [1.807, 2.05) is 34.0 Å². The minimum atomic E-state index is -1.10. The van der Waals surface area contributed by atoms with Crippen molar-refractivity contribution >= 4 is 35.5 Å². The maximum Gasteiger partial charge on any atom is 0.326 e. The van der Waals surface area contributed by atoms with Crippen LogP contribution in [0, 0.1) is 11.8 Å². The molecule has 0 aliphatic rings. The van der Waals surface area contributed by atoms with Gasteiger partial charge in [0.1, 0.15) is 18.1 Å². The molecule has 3 amide bonds. The van der Waals surface area contributed by atoms with Gasteiger partial charge in [-0.2, -0.15) is 11.8 Å². The van der Waals surface area contributed by atoms with E-state index in [-0.39, 0.29) is 17.7 Å². The predicted molar refractivity (Wildman–Crippen MR) is 111 cm³/mol. The average molecular weight is 418 g/mol. The lowest BCUT2D eigenvalue weighted by Crippen LogP contribution is -2.56. The highest BCUT2D eigenvalue weighted by molar-refractivity contribution is 7.98. The molecule has 0 aromatic carbocycles. The maximum absolute atomic E-state index is 12.7. The lowest BCUT2D eigenvalue weighted by Gasteiger charge is -2.26. The molecule has 0 aromatic heterocycles. The van der Waals surface area contributed by atoms with Crippen LogP contribution in [0.4, 0.5) is 0 Å². The molecule has 0 saturated carbocycles. The van der Waals surface area contributed by atoms with E-state index in [0.29, 0.717) is 25.0 Å². The molecule has 3 unspecified atom stereocenters. The summed E-state index contributed by atoms with van der Waals surface area (Å²) in [6.07, 6.45) is 2.96. The Morgan fingerprint density at radius 1 is 0.821 bits per heavy atom. The normalized spacial score (nSPS) is 14.3. The lowest BCUT2D eigenvalue weighted by molar-refractivity contribution is -0.142. The van der Waals surface area contributed by atoms with Gasteiger partial charge in [-0.15, -0.1) is 0 Å². The summed E-state index contributed by atoms with van der Waals surface area (Å²) in [5, 5.41) is 17.2. The molecule has 8 nitrogen and oxygen atoms in total. The molecule has 0 aromatic rings. The topological polar surface area (TPSA) is 125 Å². The van der Waals surface area contributed by atoms with Crippen molar-refractivity contribution in [1.82, 2.24) is 16.0 Å². The summed E-state index contributed by atoms with van der Waals surface area (Å²) in [7, 11) is 0. The van der Waals surface area contributed by atoms with Crippen LogP contribution in [0.25, 0.3) is 0 Å². The van der Waals surface area contributed by atoms with Crippen molar-refractivity contribution in [2.45, 2.75) is 72.0 Å². The second-order valence-electron chi connectivity index (χ2n) is 7.75. The number of hydrogen-bond donors (Lipinski definition) is 4. The summed E-state index contributed by atoms with van der Waals surface area (Å²) in [5.74, 6) is -1.53. The Balaban J connectivity index is 5.25. The Hall–Kier alpha value is -1.77. The van der Waals surface area contributed by atoms with E-state index in [0.717, 1.165) is 0 Å². The van der Waals surface area contributed by atoms with Crippen LogP contribution in [0.3, 0.4) is 0 Å². The SMILES string of the molecule is CSCCC(NC(=O)C(CC(C)C)NC(=O)C(CC(C)C)NC(C)=O)C(=O)O. The van der Waals surface area contributed by atoms with Crippen molar-refractivity contribution in [2.75, 3.05) is 12.0 Å². The van der Waals surface area contributed by atoms with Gasteiger partial charge in [0.2, 0.25) is 17.7 Å². The van der Waals surface area contributed by atoms with Crippen LogP contribution in [0.5, 0.6) is 0 Å². The number of amides is 3. The van der Waals surface area contributed by atoms with Crippen LogP contribution in [0.15, 0.2) is 0 Å². The zero-order chi connectivity index (χ0) is 21.9. The molecule has 0 radical (unpaired) electrons. The third-order valence-electron chi connectivity index (χ3n) is 3.97. The number of carboxylic acid groups (broad SMARTS) is 1. The zero-order valence-corrected chi connectivity index (χ0v) is 18.5. The molecule has 0 aliphatic heterocycles. The van der Waals surface area contributed by atoms with Crippen molar-refractivity contribution in [3.63, 3.8) is 0 Å². The van der Waals surface area contributed by atoms with Gasteiger partial charge in [-0.05, 0) is 43.1 Å². The Morgan fingerprint density at radius 3 is 1.61 bits per heavy atom. The van der Waals surface area contributed by atoms with Gasteiger partial charge in [-0.3, -0.25) is 14.4 Å². The fourth-order valence-corrected chi connectivity index (χ4v) is 3.16. The summed E-state index contributed by atoms with van der Waals surface area (Å²) in [4.78, 5) is 48.2. The first-order chi connectivity index (χ1) is 13.0. The van der Waals surface area contributed by atoms with Crippen LogP contribution < -0.4 is 16.0 Å². The molecule has 0 saturated heterocycles. The van der Waals surface area contributed by atoms with Crippen LogP contribution in [0.2, 0.25) is 0 Å². The van der Waals surface area contributed by atoms with Gasteiger partial charge in [0.05, 0.1) is 0 Å². The molecule has 28 heavy (non-hydrogen) atoms. The fourth-order valence-electron chi connectivity index (χ4n) is 2.69. The van der Waals surface area contributed by atoms with E-state index in [2.05, 4.69) is 16.0 Å². The molecule has 9 heteroatoms. The predicted octanol–water partition coefficient (Wildman–Crippen LogP) is 1.39. The molecular weight excluding hydrogens is 382 g/mol. The first-order valence-electron chi connectivity index (χ1n) is 9.57. The molecule has 4 N–H and O–H groups in total. The van der Waals surface area contributed by atoms with Crippen molar-refractivity contribution in [3.05, 3.63) is 0 Å². The third kappa shape index (κ3) is 11.2. The van der Waals surface area contributed by atoms with E-state index < -0.39 is 35.9 Å². The van der Waals surface area contributed by atoms with Crippen molar-refractivity contribution in [2.24, 2.45) is 11.8 Å². The van der Waals surface area contributed by atoms with E-state index in [9.17, 15) is 24.3 Å². The highest BCUT2D eigenvalue weighted by Gasteiger charge is 2.29. The van der Waals surface area contributed by atoms with E-state index >= 15 is 0 Å². The van der Waals surface area contributed by atoms with Crippen LogP contribution in [-0.4, -0.2) is 58.9 Å². The molecule has 162 valence electrons. The summed E-state index contributed by atoms with van der Waals surface area (Å²) in [6, 6.07) is -2.62. The summed E-state index contributed by atoms with van der Waals surface area (Å²) in [5.41, 5.74) is 0. The minimum Gasteiger partial charge on any atom is -0.480 e. The van der Waals surface area contributed by atoms with Crippen molar-refractivity contribution in [3.8, 4) is 0 Å². The summed E-state index contributed by atoms with van der Waals surface area (Å²) in [6.45, 7) is 9.03. The molecular formula is C19H35N3O5S. The smallest absolute Gasteiger partial charge is 0.326 e. The highest BCUT2D eigenvalue weighted by atomic mass is 32.2. The molecule has 0 rings (SSSR count). The molecule has 0 spiro atoms. The summed E-state index contributed by atoms with van der Waals surface area (Å²) < 4.78 is 0. The standard InChI is InChI=1S/C19H35N3O5S/c1-11(2)9-15(20-13(5)23)17(24)22-16(10-12(3)4)18(25)21-14(19(26)27)7-8-28-6/h11-12,14-16H,7-10H2,1-6H3,(H,20,23)(H,21,25)(H,22,24)(H,26,27). The Kier molecular flexibility index (Phi) is 12.6. The number of carbonyl (C=O) groups is 4. The zero-order valence-electron chi connectivity index (χ0n) is 17.7. The molecule has 0 bridgehead atoms. The first-order valence-corrected chi connectivity index (χ1v) is 11.0. The molecule has 0 aliphatic carbocycles. The number of thioether (sulfide) groups is 1. The van der Waals surface area contributed by atoms with Gasteiger partial charge < -0.3 is 21.1 Å². The number of nitrogens with one attached hydrogen (secondary N) is 3. The first kappa shape index (κ1) is 26.2. The average Bonchev–Trinajstić information content (AvgIpc) is 2.55. The van der Waals surface area contributed by atoms with Gasteiger partial charge in [0.25, 0.3) is 0 Å². The number of hydrogen-bond acceptors (Lipinski definition) is 5. The van der Waals surface area contributed by atoms with Crippen molar-refractivity contribution < 1.29 is 24.3 Å². The highest BCUT2D eigenvalue weighted by Crippen LogP contribution is 2.10. The van der Waals surface area contributed by atoms with Gasteiger partial charge in [-0.1, -0.05) is 27.7 Å². The fraction of sp³-hybridized carbons (Fsp3) is 0.789. The molecule has 3 atom stereocenters. The van der Waals surface area contributed by atoms with Gasteiger partial charge in [0, 0.05) is 6.92 Å². The van der Waals surface area contributed by atoms with Crippen LogP contribution >= 0.6 is 11.8 Å². The second kappa shape index (κ2) is 13.4. The summed E-state index contributed by atoms with van der Waals surface area (Å²) >= 11 is 1.49. The largest absolute Gasteiger partial charge is 0.480 e. The van der Waals surface area contributed by atoms with Gasteiger partial charge >= 0.3 is 5.97 Å².